The van der Waals surface area contributed by atoms with Gasteiger partial charge in [0.2, 0.25) is 0 Å². The molecule has 56 valence electrons. The Morgan fingerprint density at radius 3 is 3.10 bits per heavy atom. The number of carbonyl (C=O) groups is 1. The molecule has 0 aromatic carbocycles. The Balaban J connectivity index is 2.31. The van der Waals surface area contributed by atoms with Crippen LogP contribution in [0.2, 0.25) is 0 Å². The van der Waals surface area contributed by atoms with Gasteiger partial charge in [-0.3, -0.25) is 0 Å². The van der Waals surface area contributed by atoms with Crippen molar-refractivity contribution in [2.75, 3.05) is 6.54 Å². The lowest BCUT2D eigenvalue weighted by atomic mass is 10.5. The zero-order valence-electron chi connectivity index (χ0n) is 5.51. The standard InChI is InChI=1S/C5H8N2O2S/c1-3(10)7-4-2-6-5(8)9-4/h4H,2H2,1H3,(H,6,8)(H,7,10). The van der Waals surface area contributed by atoms with Gasteiger partial charge < -0.3 is 15.4 Å². The molecule has 0 aromatic rings. The number of hydrogen-bond donors (Lipinski definition) is 2. The molecule has 1 aliphatic rings. The molecule has 0 saturated carbocycles. The molecule has 1 unspecified atom stereocenters. The van der Waals surface area contributed by atoms with Gasteiger partial charge in [-0.2, -0.15) is 0 Å². The van der Waals surface area contributed by atoms with Crippen molar-refractivity contribution in [2.24, 2.45) is 0 Å². The highest BCUT2D eigenvalue weighted by molar-refractivity contribution is 7.80. The first kappa shape index (κ1) is 7.27. The Hall–Kier alpha value is -0.840. The molecular weight excluding hydrogens is 152 g/mol. The molecule has 2 N–H and O–H groups in total. The van der Waals surface area contributed by atoms with E-state index in [0.29, 0.717) is 11.5 Å². The van der Waals surface area contributed by atoms with E-state index in [2.05, 4.69) is 10.6 Å². The number of hydrogen-bond acceptors (Lipinski definition) is 3. The monoisotopic (exact) mass is 160 g/mol. The van der Waals surface area contributed by atoms with Gasteiger partial charge in [0.1, 0.15) is 0 Å². The Bertz CT molecular complexity index is 171. The molecule has 1 rings (SSSR count). The Labute approximate surface area is 63.9 Å². The highest BCUT2D eigenvalue weighted by Crippen LogP contribution is 1.95. The van der Waals surface area contributed by atoms with Gasteiger partial charge in [-0.15, -0.1) is 0 Å². The predicted octanol–water partition coefficient (Wildman–Crippen LogP) is -0.0108. The fraction of sp³-hybridized carbons (Fsp3) is 0.600. The van der Waals surface area contributed by atoms with Crippen LogP contribution in [0.15, 0.2) is 0 Å². The maximum atomic E-state index is 10.4. The Morgan fingerprint density at radius 1 is 2.00 bits per heavy atom. The summed E-state index contributed by atoms with van der Waals surface area (Å²) in [4.78, 5) is 11.0. The van der Waals surface area contributed by atoms with Crippen molar-refractivity contribution in [1.82, 2.24) is 10.6 Å². The minimum Gasteiger partial charge on any atom is -0.424 e. The van der Waals surface area contributed by atoms with Crippen LogP contribution in [-0.4, -0.2) is 23.9 Å². The van der Waals surface area contributed by atoms with Crippen LogP contribution in [0.3, 0.4) is 0 Å². The largest absolute Gasteiger partial charge is 0.424 e. The smallest absolute Gasteiger partial charge is 0.409 e. The SMILES string of the molecule is CC(=S)NC1CNC(=O)O1. The molecule has 1 atom stereocenters. The lowest BCUT2D eigenvalue weighted by Crippen LogP contribution is -2.34. The normalized spacial score (nSPS) is 23.3. The lowest BCUT2D eigenvalue weighted by molar-refractivity contribution is 0.134. The third-order valence-electron chi connectivity index (χ3n) is 1.05. The fourth-order valence-corrected chi connectivity index (χ4v) is 0.827. The molecule has 1 fully saturated rings. The van der Waals surface area contributed by atoms with Crippen LogP contribution < -0.4 is 10.6 Å². The highest BCUT2D eigenvalue weighted by Gasteiger charge is 2.21. The Kier molecular flexibility index (Phi) is 2.06. The quantitative estimate of drug-likeness (QED) is 0.530. The van der Waals surface area contributed by atoms with E-state index in [1.54, 1.807) is 6.92 Å². The minimum absolute atomic E-state index is 0.287. The van der Waals surface area contributed by atoms with Gasteiger partial charge in [-0.25, -0.2) is 4.79 Å². The van der Waals surface area contributed by atoms with Crippen LogP contribution in [-0.2, 0) is 4.74 Å². The number of thiocarbonyl (C=S) groups is 1. The lowest BCUT2D eigenvalue weighted by Gasteiger charge is -2.08. The molecule has 1 aliphatic heterocycles. The number of alkyl carbamates (subject to hydrolysis) is 1. The van der Waals surface area contributed by atoms with Crippen LogP contribution >= 0.6 is 12.2 Å². The maximum absolute atomic E-state index is 10.4. The highest BCUT2D eigenvalue weighted by atomic mass is 32.1. The van der Waals surface area contributed by atoms with Gasteiger partial charge in [0.05, 0.1) is 11.5 Å². The van der Waals surface area contributed by atoms with Crippen molar-refractivity contribution in [2.45, 2.75) is 13.2 Å². The summed E-state index contributed by atoms with van der Waals surface area (Å²) in [5.74, 6) is 0. The molecule has 1 heterocycles. The molecule has 0 bridgehead atoms. The maximum Gasteiger partial charge on any atom is 0.409 e. The van der Waals surface area contributed by atoms with Gasteiger partial charge >= 0.3 is 6.09 Å². The van der Waals surface area contributed by atoms with E-state index in [1.807, 2.05) is 0 Å². The molecule has 5 heteroatoms. The number of carbonyl (C=O) groups excluding carboxylic acids is 1. The van der Waals surface area contributed by atoms with E-state index < -0.39 is 6.09 Å². The topological polar surface area (TPSA) is 50.4 Å². The summed E-state index contributed by atoms with van der Waals surface area (Å²) >= 11 is 4.74. The first-order valence-electron chi connectivity index (χ1n) is 2.90. The number of rotatable bonds is 1. The predicted molar refractivity (Wildman–Crippen MR) is 39.7 cm³/mol. The van der Waals surface area contributed by atoms with Crippen LogP contribution in [0.5, 0.6) is 0 Å². The van der Waals surface area contributed by atoms with E-state index >= 15 is 0 Å². The van der Waals surface area contributed by atoms with E-state index in [1.165, 1.54) is 0 Å². The second-order valence-electron chi connectivity index (χ2n) is 1.98. The summed E-state index contributed by atoms with van der Waals surface area (Å²) < 4.78 is 4.72. The van der Waals surface area contributed by atoms with Crippen molar-refractivity contribution < 1.29 is 9.53 Å². The first-order chi connectivity index (χ1) is 4.68. The van der Waals surface area contributed by atoms with Crippen LogP contribution in [0, 0.1) is 0 Å². The average molecular weight is 160 g/mol. The second kappa shape index (κ2) is 2.83. The van der Waals surface area contributed by atoms with E-state index in [-0.39, 0.29) is 6.23 Å². The molecule has 0 spiro atoms. The summed E-state index contributed by atoms with van der Waals surface area (Å²) in [5.41, 5.74) is 0. The van der Waals surface area contributed by atoms with Crippen molar-refractivity contribution >= 4 is 23.3 Å². The average Bonchev–Trinajstić information content (AvgIpc) is 2.13. The number of amides is 1. The Morgan fingerprint density at radius 2 is 2.70 bits per heavy atom. The van der Waals surface area contributed by atoms with Crippen molar-refractivity contribution in [3.05, 3.63) is 0 Å². The number of cyclic esters (lactones) is 1. The summed E-state index contributed by atoms with van der Waals surface area (Å²) in [6.45, 7) is 2.22. The summed E-state index contributed by atoms with van der Waals surface area (Å²) in [7, 11) is 0. The van der Waals surface area contributed by atoms with Gasteiger partial charge in [0.25, 0.3) is 0 Å². The van der Waals surface area contributed by atoms with Crippen LogP contribution in [0.25, 0.3) is 0 Å². The zero-order valence-corrected chi connectivity index (χ0v) is 6.33. The molecule has 0 radical (unpaired) electrons. The van der Waals surface area contributed by atoms with Crippen molar-refractivity contribution in [3.63, 3.8) is 0 Å². The van der Waals surface area contributed by atoms with Gasteiger partial charge in [-0.05, 0) is 6.92 Å². The molecule has 4 nitrogen and oxygen atoms in total. The zero-order chi connectivity index (χ0) is 7.56. The summed E-state index contributed by atoms with van der Waals surface area (Å²) in [6.07, 6.45) is -0.682. The first-order valence-corrected chi connectivity index (χ1v) is 3.31. The third-order valence-corrected chi connectivity index (χ3v) is 1.16. The summed E-state index contributed by atoms with van der Waals surface area (Å²) in [5, 5.41) is 5.29. The van der Waals surface area contributed by atoms with Gasteiger partial charge in [0, 0.05) is 0 Å². The minimum atomic E-state index is -0.395. The van der Waals surface area contributed by atoms with Gasteiger partial charge in [0.15, 0.2) is 6.23 Å². The van der Waals surface area contributed by atoms with E-state index in [9.17, 15) is 4.79 Å². The van der Waals surface area contributed by atoms with Crippen LogP contribution in [0.4, 0.5) is 4.79 Å². The number of ether oxygens (including phenoxy) is 1. The van der Waals surface area contributed by atoms with Crippen LogP contribution in [0.1, 0.15) is 6.92 Å². The fourth-order valence-electron chi connectivity index (χ4n) is 0.696. The van der Waals surface area contributed by atoms with Crippen molar-refractivity contribution in [1.29, 1.82) is 0 Å². The molecule has 1 amide bonds. The van der Waals surface area contributed by atoms with Gasteiger partial charge in [-0.1, -0.05) is 12.2 Å². The molecular formula is C5H8N2O2S. The molecule has 1 saturated heterocycles. The molecule has 10 heavy (non-hydrogen) atoms. The summed E-state index contributed by atoms with van der Waals surface area (Å²) in [6, 6.07) is 0. The van der Waals surface area contributed by atoms with E-state index in [0.717, 1.165) is 0 Å². The molecule has 0 aromatic heterocycles. The second-order valence-corrected chi connectivity index (χ2v) is 2.59. The van der Waals surface area contributed by atoms with Crippen molar-refractivity contribution in [3.8, 4) is 0 Å². The van der Waals surface area contributed by atoms with E-state index in [4.69, 9.17) is 17.0 Å². The third kappa shape index (κ3) is 1.84. The number of nitrogens with one attached hydrogen (secondary N) is 2. The molecule has 0 aliphatic carbocycles.